The van der Waals surface area contributed by atoms with Crippen molar-refractivity contribution < 1.29 is 0 Å². The number of rotatable bonds is 3. The minimum atomic E-state index is 0.149. The topological polar surface area (TPSA) is 78.6 Å². The molecule has 0 saturated carbocycles. The third kappa shape index (κ3) is 3.38. The lowest BCUT2D eigenvalue weighted by Crippen LogP contribution is -2.20. The molecular formula is C24H24N6. The zero-order valence-electron chi connectivity index (χ0n) is 17.0. The Kier molecular flexibility index (Phi) is 4.82. The fraction of sp³-hybridized carbons (Fsp3) is 0.292. The van der Waals surface area contributed by atoms with Gasteiger partial charge in [-0.15, -0.1) is 5.10 Å². The highest BCUT2D eigenvalue weighted by Crippen LogP contribution is 2.38. The van der Waals surface area contributed by atoms with Gasteiger partial charge < -0.3 is 10.6 Å². The molecular weight excluding hydrogens is 372 g/mol. The Labute approximate surface area is 176 Å². The van der Waals surface area contributed by atoms with E-state index in [1.165, 1.54) is 22.3 Å². The van der Waals surface area contributed by atoms with E-state index in [-0.39, 0.29) is 6.04 Å². The van der Waals surface area contributed by atoms with Crippen LogP contribution in [0.2, 0.25) is 0 Å². The molecule has 2 aliphatic heterocycles. The Bertz CT molecular complexity index is 1150. The Morgan fingerprint density at radius 3 is 2.83 bits per heavy atom. The number of nitrogens with zero attached hydrogens (tertiary/aromatic N) is 4. The smallest absolute Gasteiger partial charge is 0.0991 e. The molecule has 1 aromatic heterocycles. The molecule has 6 heteroatoms. The van der Waals surface area contributed by atoms with Crippen molar-refractivity contribution in [1.82, 2.24) is 20.3 Å². The second-order valence-corrected chi connectivity index (χ2v) is 7.91. The van der Waals surface area contributed by atoms with Crippen LogP contribution in [-0.2, 0) is 6.54 Å². The maximum absolute atomic E-state index is 9.08. The lowest BCUT2D eigenvalue weighted by atomic mass is 9.90. The summed E-state index contributed by atoms with van der Waals surface area (Å²) in [6.45, 7) is 4.78. The number of nitriles is 1. The Balaban J connectivity index is 1.58. The largest absolute Gasteiger partial charge is 0.378 e. The van der Waals surface area contributed by atoms with E-state index in [1.54, 1.807) is 0 Å². The molecule has 0 radical (unpaired) electrons. The average Bonchev–Trinajstić information content (AvgIpc) is 3.09. The van der Waals surface area contributed by atoms with Crippen LogP contribution in [0.5, 0.6) is 0 Å². The minimum Gasteiger partial charge on any atom is -0.378 e. The zero-order valence-corrected chi connectivity index (χ0v) is 17.0. The molecule has 2 aromatic carbocycles. The van der Waals surface area contributed by atoms with Crippen LogP contribution in [0.25, 0.3) is 16.8 Å². The van der Waals surface area contributed by atoms with Gasteiger partial charge in [0.2, 0.25) is 0 Å². The van der Waals surface area contributed by atoms with Crippen molar-refractivity contribution in [2.45, 2.75) is 32.4 Å². The molecule has 3 aromatic rings. The fourth-order valence-electron chi connectivity index (χ4n) is 4.44. The van der Waals surface area contributed by atoms with Crippen molar-refractivity contribution in [2.24, 2.45) is 0 Å². The highest BCUT2D eigenvalue weighted by Gasteiger charge is 2.26. The number of hydrogen-bond donors (Lipinski definition) is 2. The highest BCUT2D eigenvalue weighted by atomic mass is 15.4. The summed E-state index contributed by atoms with van der Waals surface area (Å²) in [6, 6.07) is 16.8. The molecule has 0 amide bonds. The Morgan fingerprint density at radius 2 is 2.07 bits per heavy atom. The van der Waals surface area contributed by atoms with Crippen LogP contribution in [0.1, 0.15) is 41.3 Å². The van der Waals surface area contributed by atoms with Crippen molar-refractivity contribution in [1.29, 1.82) is 5.26 Å². The molecule has 1 atom stereocenters. The second-order valence-electron chi connectivity index (χ2n) is 7.91. The van der Waals surface area contributed by atoms with E-state index in [0.717, 1.165) is 49.6 Å². The average molecular weight is 396 g/mol. The first kappa shape index (κ1) is 18.6. The van der Waals surface area contributed by atoms with Crippen LogP contribution >= 0.6 is 0 Å². The van der Waals surface area contributed by atoms with Crippen LogP contribution < -0.4 is 10.6 Å². The van der Waals surface area contributed by atoms with Gasteiger partial charge in [-0.25, -0.2) is 4.68 Å². The van der Waals surface area contributed by atoms with Crippen LogP contribution in [0.3, 0.4) is 0 Å². The summed E-state index contributed by atoms with van der Waals surface area (Å²) in [5.74, 6) is 0. The lowest BCUT2D eigenvalue weighted by molar-refractivity contribution is 0.539. The van der Waals surface area contributed by atoms with E-state index < -0.39 is 0 Å². The maximum atomic E-state index is 9.08. The van der Waals surface area contributed by atoms with Gasteiger partial charge >= 0.3 is 0 Å². The molecule has 150 valence electrons. The van der Waals surface area contributed by atoms with Crippen molar-refractivity contribution in [3.63, 3.8) is 0 Å². The summed E-state index contributed by atoms with van der Waals surface area (Å²) in [5, 5.41) is 24.9. The first-order valence-electron chi connectivity index (χ1n) is 10.4. The quantitative estimate of drug-likeness (QED) is 0.698. The number of fused-ring (bicyclic) bond motifs is 3. The van der Waals surface area contributed by atoms with Crippen molar-refractivity contribution in [3.8, 4) is 17.3 Å². The van der Waals surface area contributed by atoms with Gasteiger partial charge in [-0.05, 0) is 73.3 Å². The molecule has 1 unspecified atom stereocenters. The second kappa shape index (κ2) is 7.77. The minimum absolute atomic E-state index is 0.149. The summed E-state index contributed by atoms with van der Waals surface area (Å²) in [4.78, 5) is 0. The van der Waals surface area contributed by atoms with E-state index in [1.807, 2.05) is 35.9 Å². The molecule has 0 bridgehead atoms. The van der Waals surface area contributed by atoms with Gasteiger partial charge in [0.25, 0.3) is 0 Å². The summed E-state index contributed by atoms with van der Waals surface area (Å²) in [7, 11) is 0. The third-order valence-electron chi connectivity index (χ3n) is 6.00. The number of hydrogen-bond acceptors (Lipinski definition) is 5. The van der Waals surface area contributed by atoms with Gasteiger partial charge in [-0.2, -0.15) is 5.26 Å². The van der Waals surface area contributed by atoms with Crippen molar-refractivity contribution in [3.05, 3.63) is 70.9 Å². The van der Waals surface area contributed by atoms with E-state index in [0.29, 0.717) is 5.56 Å². The van der Waals surface area contributed by atoms with Gasteiger partial charge in [0, 0.05) is 24.3 Å². The van der Waals surface area contributed by atoms with Gasteiger partial charge in [-0.1, -0.05) is 23.4 Å². The number of anilines is 1. The molecule has 5 rings (SSSR count). The van der Waals surface area contributed by atoms with Gasteiger partial charge in [0.1, 0.15) is 0 Å². The van der Waals surface area contributed by atoms with E-state index >= 15 is 0 Å². The van der Waals surface area contributed by atoms with Crippen LogP contribution in [0.15, 0.2) is 48.5 Å². The molecule has 0 aliphatic carbocycles. The molecule has 30 heavy (non-hydrogen) atoms. The lowest BCUT2D eigenvalue weighted by Gasteiger charge is -2.22. The standard InChI is InChI=1S/C24H24N6/c1-16-24-21-7-4-19(18-8-11-26-12-9-18)14-22(21)23(10-13-30(24)29-28-16)27-20-5-2-17(15-25)3-6-20/h2-8,14,23,26-27H,9-13H2,1H3. The van der Waals surface area contributed by atoms with Crippen LogP contribution in [0.4, 0.5) is 5.69 Å². The SMILES string of the molecule is Cc1nnn2c1-c1ccc(C3=CCNCC3)cc1C(Nc1ccc(C#N)cc1)CC2. The number of nitrogens with one attached hydrogen (secondary N) is 2. The monoisotopic (exact) mass is 396 g/mol. The van der Waals surface area contributed by atoms with E-state index in [9.17, 15) is 0 Å². The molecule has 6 nitrogen and oxygen atoms in total. The molecule has 0 spiro atoms. The van der Waals surface area contributed by atoms with Gasteiger partial charge in [0.15, 0.2) is 0 Å². The third-order valence-corrected chi connectivity index (χ3v) is 6.00. The summed E-state index contributed by atoms with van der Waals surface area (Å²) < 4.78 is 2.03. The normalized spacial score (nSPS) is 17.9. The zero-order chi connectivity index (χ0) is 20.5. The Hall–Kier alpha value is -3.43. The maximum Gasteiger partial charge on any atom is 0.0991 e. The number of aryl methyl sites for hydroxylation is 2. The van der Waals surface area contributed by atoms with Crippen LogP contribution in [-0.4, -0.2) is 28.1 Å². The number of benzene rings is 2. The molecule has 0 saturated heterocycles. The van der Waals surface area contributed by atoms with Gasteiger partial charge in [0.05, 0.1) is 29.1 Å². The first-order chi connectivity index (χ1) is 14.7. The Morgan fingerprint density at radius 1 is 1.20 bits per heavy atom. The molecule has 2 N–H and O–H groups in total. The predicted octanol–water partition coefficient (Wildman–Crippen LogP) is 4.06. The van der Waals surface area contributed by atoms with E-state index in [2.05, 4.69) is 51.3 Å². The van der Waals surface area contributed by atoms with E-state index in [4.69, 9.17) is 5.26 Å². The van der Waals surface area contributed by atoms with Crippen LogP contribution in [0, 0.1) is 18.3 Å². The van der Waals surface area contributed by atoms with Crippen molar-refractivity contribution >= 4 is 11.3 Å². The number of aromatic nitrogens is 3. The molecule has 2 aliphatic rings. The predicted molar refractivity (Wildman–Crippen MR) is 118 cm³/mol. The fourth-order valence-corrected chi connectivity index (χ4v) is 4.44. The summed E-state index contributed by atoms with van der Waals surface area (Å²) in [5.41, 5.74) is 8.93. The molecule has 0 fully saturated rings. The summed E-state index contributed by atoms with van der Waals surface area (Å²) in [6.07, 6.45) is 4.25. The highest BCUT2D eigenvalue weighted by molar-refractivity contribution is 5.74. The van der Waals surface area contributed by atoms with Crippen molar-refractivity contribution in [2.75, 3.05) is 18.4 Å². The van der Waals surface area contributed by atoms with Gasteiger partial charge in [-0.3, -0.25) is 0 Å². The summed E-state index contributed by atoms with van der Waals surface area (Å²) >= 11 is 0. The first-order valence-corrected chi connectivity index (χ1v) is 10.4. The molecule has 3 heterocycles.